The van der Waals surface area contributed by atoms with Gasteiger partial charge in [-0.3, -0.25) is 9.48 Å². The van der Waals surface area contributed by atoms with Crippen LogP contribution in [0.15, 0.2) is 10.7 Å². The summed E-state index contributed by atoms with van der Waals surface area (Å²) < 4.78 is 2.47. The molecule has 0 N–H and O–H groups in total. The van der Waals surface area contributed by atoms with Crippen molar-refractivity contribution in [1.82, 2.24) is 14.7 Å². The van der Waals surface area contributed by atoms with Crippen molar-refractivity contribution >= 4 is 21.8 Å². The molecule has 1 aromatic heterocycles. The van der Waals surface area contributed by atoms with E-state index in [4.69, 9.17) is 0 Å². The standard InChI is InChI=1S/C17H30BrN3O/c1-4-6-8-10-12-21(13-11-9-7-5-2)17(22)16-15(18)14-20(3)19-16/h14H,4-13H2,1-3H3. The number of carbonyl (C=O) groups is 1. The maximum absolute atomic E-state index is 12.7. The minimum atomic E-state index is 0.0560. The number of aromatic nitrogens is 2. The highest BCUT2D eigenvalue weighted by molar-refractivity contribution is 9.10. The third kappa shape index (κ3) is 6.51. The van der Waals surface area contributed by atoms with Crippen molar-refractivity contribution < 1.29 is 4.79 Å². The fourth-order valence-corrected chi connectivity index (χ4v) is 3.07. The molecular weight excluding hydrogens is 342 g/mol. The molecule has 0 bridgehead atoms. The van der Waals surface area contributed by atoms with Crippen LogP contribution in [-0.4, -0.2) is 33.7 Å². The molecule has 5 heteroatoms. The number of aryl methyl sites for hydroxylation is 1. The molecule has 1 rings (SSSR count). The van der Waals surface area contributed by atoms with E-state index in [1.165, 1.54) is 38.5 Å². The summed E-state index contributed by atoms with van der Waals surface area (Å²) in [5.74, 6) is 0.0560. The number of hydrogen-bond donors (Lipinski definition) is 0. The van der Waals surface area contributed by atoms with Gasteiger partial charge in [0.2, 0.25) is 0 Å². The van der Waals surface area contributed by atoms with Crippen LogP contribution < -0.4 is 0 Å². The van der Waals surface area contributed by atoms with Crippen LogP contribution in [0.4, 0.5) is 0 Å². The summed E-state index contributed by atoms with van der Waals surface area (Å²) in [6.07, 6.45) is 11.3. The largest absolute Gasteiger partial charge is 0.337 e. The summed E-state index contributed by atoms with van der Waals surface area (Å²) in [6.45, 7) is 6.10. The lowest BCUT2D eigenvalue weighted by molar-refractivity contribution is 0.0741. The summed E-state index contributed by atoms with van der Waals surface area (Å²) in [7, 11) is 1.84. The first-order valence-electron chi connectivity index (χ1n) is 8.58. The van der Waals surface area contributed by atoms with Crippen molar-refractivity contribution in [3.05, 3.63) is 16.4 Å². The maximum Gasteiger partial charge on any atom is 0.275 e. The Morgan fingerprint density at radius 1 is 1.09 bits per heavy atom. The Balaban J connectivity index is 2.61. The van der Waals surface area contributed by atoms with Gasteiger partial charge in [-0.05, 0) is 28.8 Å². The Hall–Kier alpha value is -0.840. The molecule has 0 spiro atoms. The maximum atomic E-state index is 12.7. The Kier molecular flexibility index (Phi) is 9.44. The molecule has 0 aliphatic heterocycles. The van der Waals surface area contributed by atoms with Crippen molar-refractivity contribution in [2.24, 2.45) is 7.05 Å². The Morgan fingerprint density at radius 2 is 1.64 bits per heavy atom. The van der Waals surface area contributed by atoms with Crippen LogP contribution in [0.5, 0.6) is 0 Å². The zero-order valence-electron chi connectivity index (χ0n) is 14.3. The number of halogens is 1. The highest BCUT2D eigenvalue weighted by atomic mass is 79.9. The first kappa shape index (κ1) is 19.2. The molecular formula is C17H30BrN3O. The van der Waals surface area contributed by atoms with Gasteiger partial charge in [-0.25, -0.2) is 0 Å². The van der Waals surface area contributed by atoms with E-state index in [9.17, 15) is 4.79 Å². The van der Waals surface area contributed by atoms with Crippen LogP contribution in [0.2, 0.25) is 0 Å². The lowest BCUT2D eigenvalue weighted by Crippen LogP contribution is -2.33. The molecule has 0 saturated carbocycles. The monoisotopic (exact) mass is 371 g/mol. The number of hydrogen-bond acceptors (Lipinski definition) is 2. The molecule has 126 valence electrons. The SMILES string of the molecule is CCCCCCN(CCCCCC)C(=O)c1nn(C)cc1Br. The van der Waals surface area contributed by atoms with E-state index in [2.05, 4.69) is 34.9 Å². The summed E-state index contributed by atoms with van der Waals surface area (Å²) in [5, 5.41) is 4.30. The molecule has 22 heavy (non-hydrogen) atoms. The minimum Gasteiger partial charge on any atom is -0.337 e. The molecule has 1 aromatic rings. The highest BCUT2D eigenvalue weighted by Gasteiger charge is 2.20. The van der Waals surface area contributed by atoms with E-state index in [0.29, 0.717) is 5.69 Å². The van der Waals surface area contributed by atoms with Gasteiger partial charge in [0, 0.05) is 26.3 Å². The first-order valence-corrected chi connectivity index (χ1v) is 9.37. The van der Waals surface area contributed by atoms with Gasteiger partial charge in [0.25, 0.3) is 5.91 Å². The Morgan fingerprint density at radius 3 is 2.05 bits per heavy atom. The third-order valence-corrected chi connectivity index (χ3v) is 4.42. The summed E-state index contributed by atoms with van der Waals surface area (Å²) in [6, 6.07) is 0. The lowest BCUT2D eigenvalue weighted by Gasteiger charge is -2.22. The van der Waals surface area contributed by atoms with Crippen molar-refractivity contribution in [3.8, 4) is 0 Å². The minimum absolute atomic E-state index is 0.0560. The molecule has 4 nitrogen and oxygen atoms in total. The zero-order valence-corrected chi connectivity index (χ0v) is 15.9. The average molecular weight is 372 g/mol. The fraction of sp³-hybridized carbons (Fsp3) is 0.765. The molecule has 0 aliphatic carbocycles. The van der Waals surface area contributed by atoms with Gasteiger partial charge >= 0.3 is 0 Å². The first-order chi connectivity index (χ1) is 10.6. The summed E-state index contributed by atoms with van der Waals surface area (Å²) >= 11 is 3.44. The van der Waals surface area contributed by atoms with E-state index in [1.807, 2.05) is 18.1 Å². The van der Waals surface area contributed by atoms with Crippen LogP contribution in [0, 0.1) is 0 Å². The van der Waals surface area contributed by atoms with Gasteiger partial charge in [0.1, 0.15) is 0 Å². The van der Waals surface area contributed by atoms with E-state index in [0.717, 1.165) is 30.4 Å². The van der Waals surface area contributed by atoms with Gasteiger partial charge in [-0.1, -0.05) is 52.4 Å². The van der Waals surface area contributed by atoms with Gasteiger partial charge in [0.15, 0.2) is 5.69 Å². The molecule has 0 aromatic carbocycles. The van der Waals surface area contributed by atoms with E-state index >= 15 is 0 Å². The van der Waals surface area contributed by atoms with Crippen LogP contribution >= 0.6 is 15.9 Å². The van der Waals surface area contributed by atoms with Crippen molar-refractivity contribution in [1.29, 1.82) is 0 Å². The predicted molar refractivity (Wildman–Crippen MR) is 95.1 cm³/mol. The van der Waals surface area contributed by atoms with Crippen molar-refractivity contribution in [2.45, 2.75) is 65.2 Å². The number of unbranched alkanes of at least 4 members (excludes halogenated alkanes) is 6. The normalized spacial score (nSPS) is 10.9. The number of amides is 1. The number of nitrogens with zero attached hydrogens (tertiary/aromatic N) is 3. The summed E-state index contributed by atoms with van der Waals surface area (Å²) in [5.41, 5.74) is 0.536. The molecule has 0 saturated heterocycles. The van der Waals surface area contributed by atoms with Crippen LogP contribution in [0.25, 0.3) is 0 Å². The summed E-state index contributed by atoms with van der Waals surface area (Å²) in [4.78, 5) is 14.7. The van der Waals surface area contributed by atoms with Crippen LogP contribution in [0.1, 0.15) is 75.7 Å². The second-order valence-corrected chi connectivity index (χ2v) is 6.77. The topological polar surface area (TPSA) is 38.1 Å². The number of rotatable bonds is 11. The number of carbonyl (C=O) groups excluding carboxylic acids is 1. The Bertz CT molecular complexity index is 433. The average Bonchev–Trinajstić information content (AvgIpc) is 2.83. The zero-order chi connectivity index (χ0) is 16.4. The lowest BCUT2D eigenvalue weighted by atomic mass is 10.1. The van der Waals surface area contributed by atoms with Gasteiger partial charge in [-0.15, -0.1) is 0 Å². The van der Waals surface area contributed by atoms with Gasteiger partial charge < -0.3 is 4.90 Å². The van der Waals surface area contributed by atoms with E-state index < -0.39 is 0 Å². The molecule has 0 atom stereocenters. The van der Waals surface area contributed by atoms with Crippen molar-refractivity contribution in [3.63, 3.8) is 0 Å². The van der Waals surface area contributed by atoms with Gasteiger partial charge in [0.05, 0.1) is 4.47 Å². The predicted octanol–water partition coefficient (Wildman–Crippen LogP) is 4.79. The molecule has 0 aliphatic rings. The second-order valence-electron chi connectivity index (χ2n) is 5.91. The van der Waals surface area contributed by atoms with Crippen molar-refractivity contribution in [2.75, 3.05) is 13.1 Å². The second kappa shape index (κ2) is 10.8. The van der Waals surface area contributed by atoms with E-state index in [1.54, 1.807) is 4.68 Å². The van der Waals surface area contributed by atoms with Crippen LogP contribution in [-0.2, 0) is 7.05 Å². The quantitative estimate of drug-likeness (QED) is 0.524. The molecule has 1 amide bonds. The molecule has 0 unspecified atom stereocenters. The Labute approximate surface area is 143 Å². The third-order valence-electron chi connectivity index (χ3n) is 3.84. The van der Waals surface area contributed by atoms with E-state index in [-0.39, 0.29) is 5.91 Å². The smallest absolute Gasteiger partial charge is 0.275 e. The molecule has 1 heterocycles. The molecule has 0 radical (unpaired) electrons. The highest BCUT2D eigenvalue weighted by Crippen LogP contribution is 2.17. The fourth-order valence-electron chi connectivity index (χ4n) is 2.53. The molecule has 0 fully saturated rings. The van der Waals surface area contributed by atoms with Gasteiger partial charge in [-0.2, -0.15) is 5.10 Å². The van der Waals surface area contributed by atoms with Crippen LogP contribution in [0.3, 0.4) is 0 Å².